The molecule has 10 nitrogen and oxygen atoms in total. The van der Waals surface area contributed by atoms with Gasteiger partial charge in [-0.1, -0.05) is 45.9 Å². The van der Waals surface area contributed by atoms with Gasteiger partial charge in [-0.2, -0.15) is 0 Å². The summed E-state index contributed by atoms with van der Waals surface area (Å²) < 4.78 is 0. The molecule has 0 aliphatic carbocycles. The van der Waals surface area contributed by atoms with Gasteiger partial charge in [-0.15, -0.1) is 0 Å². The van der Waals surface area contributed by atoms with Gasteiger partial charge >= 0.3 is 0 Å². The van der Waals surface area contributed by atoms with Crippen LogP contribution < -0.4 is 21.3 Å². The van der Waals surface area contributed by atoms with Crippen molar-refractivity contribution in [2.24, 2.45) is 0 Å². The predicted octanol–water partition coefficient (Wildman–Crippen LogP) is 3.37. The molecule has 4 heterocycles. The van der Waals surface area contributed by atoms with Gasteiger partial charge in [0, 0.05) is 58.9 Å². The molecule has 12 heteroatoms. The average Bonchev–Trinajstić information content (AvgIpc) is 3.66. The minimum absolute atomic E-state index is 0.0938. The number of amides is 4. The fourth-order valence-corrected chi connectivity index (χ4v) is 7.43. The first-order valence-electron chi connectivity index (χ1n) is 13.7. The highest BCUT2D eigenvalue weighted by molar-refractivity contribution is 8.76. The molecule has 4 aromatic rings. The van der Waals surface area contributed by atoms with E-state index in [-0.39, 0.29) is 23.6 Å². The normalized spacial score (nSPS) is 18.2. The molecule has 0 spiro atoms. The molecule has 214 valence electrons. The Morgan fingerprint density at radius 2 is 1.17 bits per heavy atom. The number of nitrogens with one attached hydrogen (secondary N) is 4. The molecule has 2 unspecified atom stereocenters. The molecule has 0 saturated carbocycles. The number of aromatic nitrogens is 2. The molecule has 0 radical (unpaired) electrons. The van der Waals surface area contributed by atoms with E-state index in [0.29, 0.717) is 38.8 Å². The van der Waals surface area contributed by atoms with Crippen molar-refractivity contribution in [3.8, 4) is 0 Å². The third kappa shape index (κ3) is 6.04. The second-order valence-electron chi connectivity index (χ2n) is 10.2. The zero-order valence-electron chi connectivity index (χ0n) is 22.5. The smallest absolute Gasteiger partial charge is 0.242 e. The highest BCUT2D eigenvalue weighted by Crippen LogP contribution is 2.43. The molecule has 4 amide bonds. The van der Waals surface area contributed by atoms with E-state index >= 15 is 0 Å². The summed E-state index contributed by atoms with van der Waals surface area (Å²) in [6.45, 7) is 0.677. The summed E-state index contributed by atoms with van der Waals surface area (Å²) in [5.41, 5.74) is 3.57. The number of hydrogen-bond donors (Lipinski definition) is 4. The van der Waals surface area contributed by atoms with Gasteiger partial charge in [0.15, 0.2) is 0 Å². The van der Waals surface area contributed by atoms with E-state index in [1.54, 1.807) is 34.0 Å². The van der Waals surface area contributed by atoms with Gasteiger partial charge < -0.3 is 21.3 Å². The standard InChI is InChI=1S/C30H28N6O4S2/c37-25-11-7-21(35-25)29(39)33-15-17-5-9-23(27-19(17)3-1-13-31-27)41-42-24-10-6-18(20-4-2-14-32-28(20)24)16-34-30(40)22-8-12-26(38)36-22/h1-6,9-10,13-14,21-22H,7-8,11-12,15-16H2,(H,33,39)(H,34,40)(H,35,37)(H,36,38). The first kappa shape index (κ1) is 28.0. The van der Waals surface area contributed by atoms with E-state index in [9.17, 15) is 19.2 Å². The van der Waals surface area contributed by atoms with Crippen molar-refractivity contribution in [2.45, 2.75) is 60.6 Å². The zero-order chi connectivity index (χ0) is 29.1. The lowest BCUT2D eigenvalue weighted by molar-refractivity contribution is -0.125. The second kappa shape index (κ2) is 12.4. The molecule has 6 rings (SSSR count). The number of carbonyl (C=O) groups excluding carboxylic acids is 4. The minimum Gasteiger partial charge on any atom is -0.350 e. The van der Waals surface area contributed by atoms with Crippen LogP contribution in [-0.4, -0.2) is 45.7 Å². The van der Waals surface area contributed by atoms with Crippen LogP contribution in [0.25, 0.3) is 21.8 Å². The SMILES string of the molecule is O=C1CCC(C(=O)NCc2ccc(SSc3ccc(CNC(=O)C4CCC(=O)N4)c4cccnc34)c3ncccc23)N1. The number of carbonyl (C=O) groups is 4. The fourth-order valence-electron chi connectivity index (χ4n) is 5.18. The average molecular weight is 601 g/mol. The minimum atomic E-state index is -0.478. The van der Waals surface area contributed by atoms with Crippen LogP contribution >= 0.6 is 21.6 Å². The van der Waals surface area contributed by atoms with Gasteiger partial charge in [0.1, 0.15) is 12.1 Å². The summed E-state index contributed by atoms with van der Waals surface area (Å²) in [5.74, 6) is -0.550. The number of fused-ring (bicyclic) bond motifs is 2. The Hall–Kier alpha value is -4.16. The molecule has 2 aliphatic rings. The summed E-state index contributed by atoms with van der Waals surface area (Å²) in [5, 5.41) is 13.2. The summed E-state index contributed by atoms with van der Waals surface area (Å²) in [7, 11) is 3.16. The molecule has 2 atom stereocenters. The van der Waals surface area contributed by atoms with Crippen LogP contribution in [0.2, 0.25) is 0 Å². The Morgan fingerprint density at radius 3 is 1.57 bits per heavy atom. The number of benzene rings is 2. The molecule has 2 aromatic carbocycles. The second-order valence-corrected chi connectivity index (χ2v) is 12.4. The van der Waals surface area contributed by atoms with Gasteiger partial charge in [0.05, 0.1) is 11.0 Å². The lowest BCUT2D eigenvalue weighted by Gasteiger charge is -2.14. The Labute approximate surface area is 249 Å². The largest absolute Gasteiger partial charge is 0.350 e. The van der Waals surface area contributed by atoms with E-state index in [0.717, 1.165) is 42.7 Å². The van der Waals surface area contributed by atoms with E-state index in [4.69, 9.17) is 0 Å². The van der Waals surface area contributed by atoms with Crippen LogP contribution in [0.5, 0.6) is 0 Å². The predicted molar refractivity (Wildman–Crippen MR) is 161 cm³/mol. The van der Waals surface area contributed by atoms with Crippen molar-refractivity contribution < 1.29 is 19.2 Å². The van der Waals surface area contributed by atoms with Crippen molar-refractivity contribution in [1.82, 2.24) is 31.2 Å². The van der Waals surface area contributed by atoms with Crippen molar-refractivity contribution in [1.29, 1.82) is 0 Å². The van der Waals surface area contributed by atoms with Gasteiger partial charge in [-0.05, 0) is 48.2 Å². The summed E-state index contributed by atoms with van der Waals surface area (Å²) in [6, 6.07) is 14.8. The fraction of sp³-hybridized carbons (Fsp3) is 0.267. The molecule has 4 N–H and O–H groups in total. The molecule has 2 aliphatic heterocycles. The van der Waals surface area contributed by atoms with Crippen molar-refractivity contribution in [2.75, 3.05) is 0 Å². The molecular formula is C30H28N6O4S2. The van der Waals surface area contributed by atoms with E-state index in [2.05, 4.69) is 31.2 Å². The Bertz CT molecular complexity index is 1590. The monoisotopic (exact) mass is 600 g/mol. The number of rotatable bonds is 9. The lowest BCUT2D eigenvalue weighted by Crippen LogP contribution is -2.41. The van der Waals surface area contributed by atoms with Crippen molar-refractivity contribution in [3.63, 3.8) is 0 Å². The highest BCUT2D eigenvalue weighted by Gasteiger charge is 2.28. The molecular weight excluding hydrogens is 573 g/mol. The van der Waals surface area contributed by atoms with Gasteiger partial charge in [-0.3, -0.25) is 29.1 Å². The number of pyridine rings is 2. The highest BCUT2D eigenvalue weighted by atomic mass is 33.1. The topological polar surface area (TPSA) is 142 Å². The van der Waals surface area contributed by atoms with E-state index in [1.165, 1.54) is 0 Å². The maximum Gasteiger partial charge on any atom is 0.242 e. The van der Waals surface area contributed by atoms with E-state index in [1.807, 2.05) is 48.5 Å². The summed E-state index contributed by atoms with van der Waals surface area (Å²) in [6.07, 6.45) is 5.28. The summed E-state index contributed by atoms with van der Waals surface area (Å²) >= 11 is 0. The first-order chi connectivity index (χ1) is 20.5. The number of nitrogens with zero attached hydrogens (tertiary/aromatic N) is 2. The Morgan fingerprint density at radius 1 is 0.714 bits per heavy atom. The molecule has 42 heavy (non-hydrogen) atoms. The number of hydrogen-bond acceptors (Lipinski definition) is 8. The molecule has 2 fully saturated rings. The van der Waals surface area contributed by atoms with Crippen molar-refractivity contribution >= 4 is 67.0 Å². The Kier molecular flexibility index (Phi) is 8.24. The molecule has 0 bridgehead atoms. The zero-order valence-corrected chi connectivity index (χ0v) is 24.1. The van der Waals surface area contributed by atoms with Gasteiger partial charge in [0.25, 0.3) is 0 Å². The maximum atomic E-state index is 12.5. The van der Waals surface area contributed by atoms with Crippen LogP contribution in [0.1, 0.15) is 36.8 Å². The lowest BCUT2D eigenvalue weighted by atomic mass is 10.1. The van der Waals surface area contributed by atoms with Gasteiger partial charge in [-0.25, -0.2) is 0 Å². The Balaban J connectivity index is 1.15. The van der Waals surface area contributed by atoms with Crippen LogP contribution in [0.3, 0.4) is 0 Å². The first-order valence-corrected chi connectivity index (χ1v) is 15.8. The quantitative estimate of drug-likeness (QED) is 0.214. The van der Waals surface area contributed by atoms with Crippen LogP contribution in [0, 0.1) is 0 Å². The third-order valence-corrected chi connectivity index (χ3v) is 9.83. The van der Waals surface area contributed by atoms with Crippen LogP contribution in [-0.2, 0) is 32.3 Å². The van der Waals surface area contributed by atoms with Crippen molar-refractivity contribution in [3.05, 3.63) is 72.1 Å². The molecule has 2 saturated heterocycles. The third-order valence-electron chi connectivity index (χ3n) is 7.40. The van der Waals surface area contributed by atoms with Crippen LogP contribution in [0.15, 0.2) is 70.7 Å². The maximum absolute atomic E-state index is 12.5. The van der Waals surface area contributed by atoms with E-state index < -0.39 is 12.1 Å². The molecule has 2 aromatic heterocycles. The summed E-state index contributed by atoms with van der Waals surface area (Å²) in [4.78, 5) is 59.2. The van der Waals surface area contributed by atoms with Gasteiger partial charge in [0.2, 0.25) is 23.6 Å². The van der Waals surface area contributed by atoms with Crippen LogP contribution in [0.4, 0.5) is 0 Å².